The van der Waals surface area contributed by atoms with Gasteiger partial charge in [-0.05, 0) is 0 Å². The van der Waals surface area contributed by atoms with Gasteiger partial charge in [-0.25, -0.2) is 4.79 Å². The molecule has 14 nitrogen and oxygen atoms in total. The second-order valence-corrected chi connectivity index (χ2v) is 8.48. The molecule has 0 amide bonds. The first-order valence-electron chi connectivity index (χ1n) is 8.49. The van der Waals surface area contributed by atoms with Crippen molar-refractivity contribution in [2.75, 3.05) is 19.4 Å². The van der Waals surface area contributed by atoms with Crippen LogP contribution in [0.4, 0.5) is 0 Å². The third-order valence-corrected chi connectivity index (χ3v) is 5.80. The Kier molecular flexibility index (Phi) is 7.86. The molecule has 1 aromatic rings. The van der Waals surface area contributed by atoms with Gasteiger partial charge in [-0.15, -0.1) is 0 Å². The third-order valence-electron chi connectivity index (χ3n) is 4.36. The third kappa shape index (κ3) is 5.79. The van der Waals surface area contributed by atoms with Crippen molar-refractivity contribution in [3.63, 3.8) is 0 Å². The van der Waals surface area contributed by atoms with Crippen molar-refractivity contribution in [1.82, 2.24) is 9.55 Å². The van der Waals surface area contributed by atoms with E-state index in [1.54, 1.807) is 0 Å². The smallest absolute Gasteiger partial charge is 0.330 e. The molecular formula is C14H24N3O11P. The van der Waals surface area contributed by atoms with Crippen LogP contribution in [-0.4, -0.2) is 95.9 Å². The van der Waals surface area contributed by atoms with Gasteiger partial charge in [0.15, 0.2) is 6.23 Å². The number of aromatic nitrogens is 2. The number of hydrogen-bond donors (Lipinski definition) is 8. The van der Waals surface area contributed by atoms with E-state index in [9.17, 15) is 39.5 Å². The molecule has 9 N–H and O–H groups in total. The van der Waals surface area contributed by atoms with Gasteiger partial charge in [-0.3, -0.25) is 18.9 Å². The zero-order chi connectivity index (χ0) is 21.9. The molecule has 0 aliphatic carbocycles. The first-order chi connectivity index (χ1) is 13.5. The van der Waals surface area contributed by atoms with Gasteiger partial charge in [0.05, 0.1) is 25.5 Å². The van der Waals surface area contributed by atoms with E-state index in [1.165, 1.54) is 0 Å². The van der Waals surface area contributed by atoms with E-state index in [0.29, 0.717) is 0 Å². The van der Waals surface area contributed by atoms with E-state index in [2.05, 4.69) is 0 Å². The van der Waals surface area contributed by atoms with Crippen molar-refractivity contribution in [1.29, 1.82) is 0 Å². The maximum atomic E-state index is 12.1. The number of nitrogens with zero attached hydrogens (tertiary/aromatic N) is 1. The summed E-state index contributed by atoms with van der Waals surface area (Å²) in [6.07, 6.45) is -8.91. The van der Waals surface area contributed by atoms with E-state index in [-0.39, 0.29) is 0 Å². The molecule has 1 aromatic heterocycles. The fraction of sp³-hybridized carbons (Fsp3) is 0.714. The molecule has 1 saturated heterocycles. The number of nitrogens with two attached hydrogens (primary N) is 1. The van der Waals surface area contributed by atoms with Crippen molar-refractivity contribution >= 4 is 7.60 Å². The topological polar surface area (TPSA) is 238 Å². The summed E-state index contributed by atoms with van der Waals surface area (Å²) in [4.78, 5) is 34.7. The van der Waals surface area contributed by atoms with Gasteiger partial charge < -0.3 is 45.4 Å². The van der Waals surface area contributed by atoms with Crippen LogP contribution in [0.5, 0.6) is 0 Å². The average molecular weight is 441 g/mol. The summed E-state index contributed by atoms with van der Waals surface area (Å²) in [5.74, 6) is 0. The highest BCUT2D eigenvalue weighted by atomic mass is 31.2. The zero-order valence-electron chi connectivity index (χ0n) is 15.0. The highest BCUT2D eigenvalue weighted by Crippen LogP contribution is 2.43. The minimum atomic E-state index is -4.43. The Morgan fingerprint density at radius 1 is 1.31 bits per heavy atom. The fourth-order valence-electron chi connectivity index (χ4n) is 2.73. The Balaban J connectivity index is 2.00. The lowest BCUT2D eigenvalue weighted by Crippen LogP contribution is -2.46. The molecule has 0 spiro atoms. The summed E-state index contributed by atoms with van der Waals surface area (Å²) >= 11 is 0. The minimum Gasteiger partial charge on any atom is -0.394 e. The van der Waals surface area contributed by atoms with Gasteiger partial charge in [-0.1, -0.05) is 0 Å². The van der Waals surface area contributed by atoms with Crippen molar-refractivity contribution in [3.8, 4) is 0 Å². The van der Waals surface area contributed by atoms with Gasteiger partial charge in [0.1, 0.15) is 24.4 Å². The molecule has 1 unspecified atom stereocenters. The van der Waals surface area contributed by atoms with E-state index >= 15 is 0 Å². The van der Waals surface area contributed by atoms with Crippen molar-refractivity contribution < 1.29 is 44.3 Å². The number of nitrogens with one attached hydrogen (secondary N) is 1. The molecule has 8 atom stereocenters. The van der Waals surface area contributed by atoms with Crippen LogP contribution in [0.15, 0.2) is 21.9 Å². The molecule has 1 aliphatic heterocycles. The molecule has 2 rings (SSSR count). The minimum absolute atomic E-state index is 0.675. The molecular weight excluding hydrogens is 417 g/mol. The van der Waals surface area contributed by atoms with Crippen LogP contribution in [0.2, 0.25) is 0 Å². The lowest BCUT2D eigenvalue weighted by molar-refractivity contribution is -0.0528. The van der Waals surface area contributed by atoms with E-state index < -0.39 is 81.0 Å². The summed E-state index contributed by atoms with van der Waals surface area (Å²) in [6.45, 7) is -1.48. The van der Waals surface area contributed by atoms with E-state index in [4.69, 9.17) is 20.1 Å². The zero-order valence-corrected chi connectivity index (χ0v) is 15.9. The Morgan fingerprint density at radius 2 is 1.97 bits per heavy atom. The van der Waals surface area contributed by atoms with Crippen LogP contribution < -0.4 is 17.0 Å². The van der Waals surface area contributed by atoms with Crippen LogP contribution in [0.25, 0.3) is 0 Å². The summed E-state index contributed by atoms with van der Waals surface area (Å²) < 4.78 is 23.1. The van der Waals surface area contributed by atoms with Crippen LogP contribution in [0.1, 0.15) is 6.23 Å². The van der Waals surface area contributed by atoms with E-state index in [1.807, 2.05) is 4.98 Å². The van der Waals surface area contributed by atoms with Gasteiger partial charge >= 0.3 is 13.3 Å². The Bertz CT molecular complexity index is 845. The van der Waals surface area contributed by atoms with Crippen LogP contribution in [-0.2, 0) is 13.8 Å². The summed E-state index contributed by atoms with van der Waals surface area (Å²) in [7, 11) is -4.43. The second kappa shape index (κ2) is 9.57. The first-order valence-corrected chi connectivity index (χ1v) is 10.2. The summed E-state index contributed by atoms with van der Waals surface area (Å²) in [5, 5.41) is 47.9. The maximum absolute atomic E-state index is 12.1. The number of H-pyrrole nitrogens is 1. The van der Waals surface area contributed by atoms with E-state index in [0.717, 1.165) is 16.8 Å². The molecule has 0 bridgehead atoms. The molecule has 0 aromatic carbocycles. The molecule has 29 heavy (non-hydrogen) atoms. The monoisotopic (exact) mass is 441 g/mol. The van der Waals surface area contributed by atoms with Crippen molar-refractivity contribution in [2.24, 2.45) is 5.73 Å². The Labute approximate surface area is 163 Å². The Hall–Kier alpha value is -1.45. The quantitative estimate of drug-likeness (QED) is 0.169. The molecule has 15 heteroatoms. The van der Waals surface area contributed by atoms with Gasteiger partial charge in [0, 0.05) is 18.3 Å². The number of aromatic amines is 1. The maximum Gasteiger partial charge on any atom is 0.330 e. The highest BCUT2D eigenvalue weighted by molar-refractivity contribution is 7.52. The predicted molar refractivity (Wildman–Crippen MR) is 95.0 cm³/mol. The van der Waals surface area contributed by atoms with Crippen LogP contribution >= 0.6 is 7.60 Å². The molecule has 2 heterocycles. The standard InChI is InChI=1S/C14H24N3O11P/c15-6(10(21)7(19)3-18)5-29(25,26)27-4-8-11(22)12(23)13(28-8)17-2-1-9(20)16-14(17)24/h1-2,6-8,10-13,18-19,21-23H,3-5,15H2,(H,25,26)(H,16,20,24)/t6-,7-,8+,10-,11+,12+,13+/m0/s1. The van der Waals surface area contributed by atoms with Crippen molar-refractivity contribution in [2.45, 2.75) is 42.8 Å². The number of aliphatic hydroxyl groups is 5. The number of rotatable bonds is 9. The number of ether oxygens (including phenoxy) is 1. The molecule has 1 aliphatic rings. The van der Waals surface area contributed by atoms with Crippen molar-refractivity contribution in [3.05, 3.63) is 33.1 Å². The molecule has 166 valence electrons. The molecule has 0 saturated carbocycles. The average Bonchev–Trinajstić information content (AvgIpc) is 2.93. The number of aliphatic hydroxyl groups excluding tert-OH is 5. The largest absolute Gasteiger partial charge is 0.394 e. The molecule has 1 fully saturated rings. The fourth-order valence-corrected chi connectivity index (χ4v) is 3.97. The lowest BCUT2D eigenvalue weighted by Gasteiger charge is -2.25. The van der Waals surface area contributed by atoms with Gasteiger partial charge in [0.25, 0.3) is 5.56 Å². The first kappa shape index (κ1) is 23.8. The van der Waals surface area contributed by atoms with Gasteiger partial charge in [-0.2, -0.15) is 0 Å². The summed E-state index contributed by atoms with van der Waals surface area (Å²) in [6, 6.07) is -0.399. The molecule has 0 radical (unpaired) electrons. The predicted octanol–water partition coefficient (Wildman–Crippen LogP) is -4.60. The highest BCUT2D eigenvalue weighted by Gasteiger charge is 2.45. The lowest BCUT2D eigenvalue weighted by atomic mass is 10.1. The normalized spacial score (nSPS) is 29.9. The number of hydrogen-bond acceptors (Lipinski definition) is 11. The van der Waals surface area contributed by atoms with Crippen LogP contribution in [0.3, 0.4) is 0 Å². The van der Waals surface area contributed by atoms with Crippen LogP contribution in [0, 0.1) is 0 Å². The van der Waals surface area contributed by atoms with Gasteiger partial charge in [0.2, 0.25) is 0 Å². The SMILES string of the molecule is N[C@@H](CP(=O)(O)OC[C@H]1O[C@@H](n2ccc(=O)[nH]c2=O)[C@H](O)[C@@H]1O)[C@H](O)[C@@H](O)CO. The second-order valence-electron chi connectivity index (χ2n) is 6.58. The summed E-state index contributed by atoms with van der Waals surface area (Å²) in [5.41, 5.74) is 3.95. The Morgan fingerprint density at radius 3 is 2.55 bits per heavy atom.